The maximum Gasteiger partial charge on any atom is 0.252 e. The molecule has 1 aromatic rings. The summed E-state index contributed by atoms with van der Waals surface area (Å²) in [5, 5.41) is 0. The van der Waals surface area contributed by atoms with Crippen molar-refractivity contribution in [3.63, 3.8) is 0 Å². The molecule has 0 saturated heterocycles. The van der Waals surface area contributed by atoms with Crippen LogP contribution in [0.1, 0.15) is 88.4 Å². The number of hydrogen-bond donors (Lipinski definition) is 1. The van der Waals surface area contributed by atoms with Gasteiger partial charge in [0.15, 0.2) is 0 Å². The predicted octanol–water partition coefficient (Wildman–Crippen LogP) is 5.48. The monoisotopic (exact) mass is 349 g/mol. The van der Waals surface area contributed by atoms with E-state index in [2.05, 4.69) is 13.8 Å². The topological polar surface area (TPSA) is 61.6 Å². The van der Waals surface area contributed by atoms with Gasteiger partial charge in [0.25, 0.3) is 5.91 Å². The maximum atomic E-state index is 11.7. The van der Waals surface area contributed by atoms with E-state index < -0.39 is 5.91 Å². The Bertz CT molecular complexity index is 488. The Kier molecular flexibility index (Phi) is 11.6. The summed E-state index contributed by atoms with van der Waals surface area (Å²) in [6.07, 6.45) is 11.8. The van der Waals surface area contributed by atoms with E-state index in [1.165, 1.54) is 44.9 Å². The molecule has 0 bridgehead atoms. The minimum atomic E-state index is -0.477. The van der Waals surface area contributed by atoms with Gasteiger partial charge in [-0.25, -0.2) is 0 Å². The van der Waals surface area contributed by atoms with Gasteiger partial charge < -0.3 is 15.2 Å². The Morgan fingerprint density at radius 1 is 0.840 bits per heavy atom. The summed E-state index contributed by atoms with van der Waals surface area (Å²) in [4.78, 5) is 11.7. The Balaban J connectivity index is 2.42. The van der Waals surface area contributed by atoms with E-state index in [9.17, 15) is 4.79 Å². The van der Waals surface area contributed by atoms with Crippen LogP contribution in [0, 0.1) is 0 Å². The standard InChI is InChI=1S/C21H35NO3/c1-3-5-7-9-11-15-24-18-13-14-20(19(17-18)21(22)23)25-16-12-10-8-6-4-2/h13-14,17H,3-12,15-16H2,1-2H3,(H2,22,23). The van der Waals surface area contributed by atoms with Gasteiger partial charge in [-0.15, -0.1) is 0 Å². The number of unbranched alkanes of at least 4 members (excludes halogenated alkanes) is 8. The summed E-state index contributed by atoms with van der Waals surface area (Å²) in [6, 6.07) is 5.34. The first-order valence-corrected chi connectivity index (χ1v) is 9.88. The summed E-state index contributed by atoms with van der Waals surface area (Å²) in [5.41, 5.74) is 5.89. The molecule has 0 aromatic heterocycles. The van der Waals surface area contributed by atoms with Crippen LogP contribution >= 0.6 is 0 Å². The Hall–Kier alpha value is -1.71. The Morgan fingerprint density at radius 3 is 1.96 bits per heavy atom. The molecule has 0 saturated carbocycles. The lowest BCUT2D eigenvalue weighted by molar-refractivity contribution is 0.0995. The zero-order valence-corrected chi connectivity index (χ0v) is 16.0. The normalized spacial score (nSPS) is 10.6. The zero-order valence-electron chi connectivity index (χ0n) is 16.0. The van der Waals surface area contributed by atoms with Crippen molar-refractivity contribution in [2.75, 3.05) is 13.2 Å². The van der Waals surface area contributed by atoms with Crippen LogP contribution in [0.4, 0.5) is 0 Å². The molecule has 0 aliphatic rings. The molecule has 1 amide bonds. The number of hydrogen-bond acceptors (Lipinski definition) is 3. The van der Waals surface area contributed by atoms with Crippen molar-refractivity contribution < 1.29 is 14.3 Å². The van der Waals surface area contributed by atoms with Gasteiger partial charge in [0.2, 0.25) is 0 Å². The molecule has 0 aliphatic carbocycles. The number of primary amides is 1. The van der Waals surface area contributed by atoms with Crippen molar-refractivity contribution in [2.45, 2.75) is 78.1 Å². The third-order valence-corrected chi connectivity index (χ3v) is 4.24. The summed E-state index contributed by atoms with van der Waals surface area (Å²) in [6.45, 7) is 5.68. The fourth-order valence-corrected chi connectivity index (χ4v) is 2.70. The molecular weight excluding hydrogens is 314 g/mol. The molecule has 1 aromatic carbocycles. The molecule has 0 radical (unpaired) electrons. The number of ether oxygens (including phenoxy) is 2. The molecule has 25 heavy (non-hydrogen) atoms. The van der Waals surface area contributed by atoms with Crippen LogP contribution in [0.15, 0.2) is 18.2 Å². The number of rotatable bonds is 15. The second kappa shape index (κ2) is 13.6. The summed E-state index contributed by atoms with van der Waals surface area (Å²) < 4.78 is 11.5. The second-order valence-electron chi connectivity index (χ2n) is 6.55. The third-order valence-electron chi connectivity index (χ3n) is 4.24. The average molecular weight is 350 g/mol. The molecule has 2 N–H and O–H groups in total. The number of amides is 1. The van der Waals surface area contributed by atoms with Gasteiger partial charge in [-0.1, -0.05) is 65.2 Å². The fourth-order valence-electron chi connectivity index (χ4n) is 2.70. The van der Waals surface area contributed by atoms with E-state index in [4.69, 9.17) is 15.2 Å². The van der Waals surface area contributed by atoms with E-state index >= 15 is 0 Å². The Morgan fingerprint density at radius 2 is 1.40 bits per heavy atom. The first-order valence-electron chi connectivity index (χ1n) is 9.88. The van der Waals surface area contributed by atoms with E-state index in [1.54, 1.807) is 12.1 Å². The molecule has 0 heterocycles. The lowest BCUT2D eigenvalue weighted by Gasteiger charge is -2.12. The molecule has 0 unspecified atom stereocenters. The van der Waals surface area contributed by atoms with Crippen LogP contribution in [0.25, 0.3) is 0 Å². The number of nitrogens with two attached hydrogens (primary N) is 1. The van der Waals surface area contributed by atoms with Gasteiger partial charge in [-0.3, -0.25) is 4.79 Å². The van der Waals surface area contributed by atoms with E-state index in [-0.39, 0.29) is 0 Å². The molecule has 0 aliphatic heterocycles. The third kappa shape index (κ3) is 9.37. The summed E-state index contributed by atoms with van der Waals surface area (Å²) >= 11 is 0. The van der Waals surface area contributed by atoms with Gasteiger partial charge in [0.1, 0.15) is 11.5 Å². The molecule has 142 valence electrons. The van der Waals surface area contributed by atoms with E-state index in [0.29, 0.717) is 30.3 Å². The van der Waals surface area contributed by atoms with Crippen molar-refractivity contribution in [3.05, 3.63) is 23.8 Å². The number of carbonyl (C=O) groups is 1. The van der Waals surface area contributed by atoms with Gasteiger partial charge >= 0.3 is 0 Å². The van der Waals surface area contributed by atoms with Gasteiger partial charge in [0, 0.05) is 0 Å². The Labute approximate surface area is 153 Å². The molecule has 0 fully saturated rings. The summed E-state index contributed by atoms with van der Waals surface area (Å²) in [7, 11) is 0. The molecule has 1 rings (SSSR count). The maximum absolute atomic E-state index is 11.7. The van der Waals surface area contributed by atoms with Gasteiger partial charge in [-0.2, -0.15) is 0 Å². The molecule has 0 spiro atoms. The fraction of sp³-hybridized carbons (Fsp3) is 0.667. The highest BCUT2D eigenvalue weighted by atomic mass is 16.5. The van der Waals surface area contributed by atoms with Crippen LogP contribution in [0.5, 0.6) is 11.5 Å². The van der Waals surface area contributed by atoms with Crippen LogP contribution in [0.3, 0.4) is 0 Å². The van der Waals surface area contributed by atoms with Crippen LogP contribution in [0.2, 0.25) is 0 Å². The van der Waals surface area contributed by atoms with Gasteiger partial charge in [-0.05, 0) is 31.0 Å². The van der Waals surface area contributed by atoms with E-state index in [0.717, 1.165) is 19.3 Å². The first kappa shape index (κ1) is 21.3. The highest BCUT2D eigenvalue weighted by Crippen LogP contribution is 2.24. The molecule has 4 nitrogen and oxygen atoms in total. The smallest absolute Gasteiger partial charge is 0.252 e. The quantitative estimate of drug-likeness (QED) is 0.426. The average Bonchev–Trinajstić information content (AvgIpc) is 2.61. The largest absolute Gasteiger partial charge is 0.494 e. The molecule has 4 heteroatoms. The highest BCUT2D eigenvalue weighted by Gasteiger charge is 2.11. The zero-order chi connectivity index (χ0) is 18.3. The summed E-state index contributed by atoms with van der Waals surface area (Å²) in [5.74, 6) is 0.757. The van der Waals surface area contributed by atoms with Crippen LogP contribution < -0.4 is 15.2 Å². The lowest BCUT2D eigenvalue weighted by Crippen LogP contribution is -2.14. The van der Waals surface area contributed by atoms with Crippen molar-refractivity contribution >= 4 is 5.91 Å². The highest BCUT2D eigenvalue weighted by molar-refractivity contribution is 5.96. The van der Waals surface area contributed by atoms with Crippen molar-refractivity contribution in [3.8, 4) is 11.5 Å². The minimum absolute atomic E-state index is 0.400. The number of carbonyl (C=O) groups excluding carboxylic acids is 1. The van der Waals surface area contributed by atoms with Crippen molar-refractivity contribution in [1.29, 1.82) is 0 Å². The van der Waals surface area contributed by atoms with Gasteiger partial charge in [0.05, 0.1) is 18.8 Å². The second-order valence-corrected chi connectivity index (χ2v) is 6.55. The molecule has 0 atom stereocenters. The minimum Gasteiger partial charge on any atom is -0.494 e. The lowest BCUT2D eigenvalue weighted by atomic mass is 10.1. The number of benzene rings is 1. The predicted molar refractivity (Wildman–Crippen MR) is 103 cm³/mol. The van der Waals surface area contributed by atoms with Crippen LogP contribution in [-0.4, -0.2) is 19.1 Å². The molecular formula is C21H35NO3. The van der Waals surface area contributed by atoms with Crippen molar-refractivity contribution in [2.24, 2.45) is 5.73 Å². The van der Waals surface area contributed by atoms with E-state index in [1.807, 2.05) is 6.07 Å². The SMILES string of the molecule is CCCCCCCOc1ccc(OCCCCCCC)c(C(N)=O)c1. The van der Waals surface area contributed by atoms with Crippen molar-refractivity contribution in [1.82, 2.24) is 0 Å². The van der Waals surface area contributed by atoms with Crippen LogP contribution in [-0.2, 0) is 0 Å². The first-order chi connectivity index (χ1) is 12.2.